The van der Waals surface area contributed by atoms with E-state index >= 15 is 4.39 Å². The number of amides is 1. The number of alkyl halides is 1. The third-order valence-electron chi connectivity index (χ3n) is 8.29. The lowest BCUT2D eigenvalue weighted by Crippen LogP contribution is -2.55. The highest BCUT2D eigenvalue weighted by Crippen LogP contribution is 2.45. The molecular formula is C28H33FN8O2. The number of nitrogens with one attached hydrogen (secondary N) is 1. The molecule has 3 N–H and O–H groups in total. The van der Waals surface area contributed by atoms with Crippen LogP contribution in [-0.2, 0) is 10.3 Å². The number of benzene rings is 1. The van der Waals surface area contributed by atoms with Gasteiger partial charge < -0.3 is 15.8 Å². The summed E-state index contributed by atoms with van der Waals surface area (Å²) in [6.07, 6.45) is 4.02. The lowest BCUT2D eigenvalue weighted by atomic mass is 9.84. The molecule has 1 amide bonds. The van der Waals surface area contributed by atoms with Gasteiger partial charge in [-0.15, -0.1) is 0 Å². The molecule has 0 spiro atoms. The number of likely N-dealkylation sites (tertiary alicyclic amines) is 1. The van der Waals surface area contributed by atoms with E-state index in [1.165, 1.54) is 6.33 Å². The smallest absolute Gasteiger partial charge is 0.251 e. The molecule has 2 saturated heterocycles. The zero-order valence-electron chi connectivity index (χ0n) is 22.1. The number of anilines is 1. The molecule has 6 rings (SSSR count). The number of carbonyl (C=O) groups excluding carboxylic acids is 1. The molecule has 5 heterocycles. The van der Waals surface area contributed by atoms with Gasteiger partial charge in [0, 0.05) is 43.5 Å². The van der Waals surface area contributed by atoms with Crippen molar-refractivity contribution in [3.05, 3.63) is 66.2 Å². The van der Waals surface area contributed by atoms with Gasteiger partial charge in [0.1, 0.15) is 18.0 Å². The Morgan fingerprint density at radius 2 is 1.97 bits per heavy atom. The topological polar surface area (TPSA) is 116 Å². The van der Waals surface area contributed by atoms with Crippen LogP contribution in [0.2, 0.25) is 0 Å². The number of halogens is 1. The fraction of sp³-hybridized carbons (Fsp3) is 0.429. The summed E-state index contributed by atoms with van der Waals surface area (Å²) in [6, 6.07) is 12.8. The Morgan fingerprint density at radius 3 is 2.69 bits per heavy atom. The minimum atomic E-state index is -1.08. The van der Waals surface area contributed by atoms with Gasteiger partial charge in [0.2, 0.25) is 0 Å². The summed E-state index contributed by atoms with van der Waals surface area (Å²) in [6.45, 7) is 3.52. The Morgan fingerprint density at radius 1 is 1.21 bits per heavy atom. The van der Waals surface area contributed by atoms with Crippen LogP contribution in [0.3, 0.4) is 0 Å². The molecule has 2 fully saturated rings. The summed E-state index contributed by atoms with van der Waals surface area (Å²) >= 11 is 0. The normalized spacial score (nSPS) is 23.3. The summed E-state index contributed by atoms with van der Waals surface area (Å²) < 4.78 is 24.6. The first kappa shape index (κ1) is 25.4. The fourth-order valence-electron chi connectivity index (χ4n) is 6.36. The summed E-state index contributed by atoms with van der Waals surface area (Å²) in [4.78, 5) is 19.5. The van der Waals surface area contributed by atoms with Gasteiger partial charge in [0.05, 0.1) is 29.0 Å². The first-order chi connectivity index (χ1) is 18.9. The molecule has 204 valence electrons. The Kier molecular flexibility index (Phi) is 6.56. The van der Waals surface area contributed by atoms with Crippen LogP contribution in [0.1, 0.15) is 48.3 Å². The molecule has 2 aliphatic rings. The second-order valence-electron chi connectivity index (χ2n) is 10.5. The number of rotatable bonds is 6. The number of nitrogens with zero attached hydrogens (tertiary/aromatic N) is 6. The van der Waals surface area contributed by atoms with E-state index in [9.17, 15) is 4.79 Å². The molecule has 0 aliphatic carbocycles. The summed E-state index contributed by atoms with van der Waals surface area (Å²) in [5.41, 5.74) is 9.21. The van der Waals surface area contributed by atoms with Crippen LogP contribution < -0.4 is 11.1 Å². The van der Waals surface area contributed by atoms with Crippen molar-refractivity contribution in [1.29, 1.82) is 0 Å². The molecule has 2 aliphatic heterocycles. The highest BCUT2D eigenvalue weighted by molar-refractivity contribution is 5.94. The predicted molar refractivity (Wildman–Crippen MR) is 145 cm³/mol. The van der Waals surface area contributed by atoms with Gasteiger partial charge in [-0.1, -0.05) is 18.2 Å². The van der Waals surface area contributed by atoms with Crippen molar-refractivity contribution >= 4 is 17.2 Å². The number of carbonyl (C=O) groups is 1. The number of aromatic nitrogens is 5. The molecule has 3 unspecified atom stereocenters. The van der Waals surface area contributed by atoms with Crippen molar-refractivity contribution in [3.63, 3.8) is 0 Å². The highest BCUT2D eigenvalue weighted by atomic mass is 19.1. The Balaban J connectivity index is 1.49. The van der Waals surface area contributed by atoms with Gasteiger partial charge in [0.15, 0.2) is 5.82 Å². The number of hydrogen-bond acceptors (Lipinski definition) is 7. The van der Waals surface area contributed by atoms with E-state index in [1.54, 1.807) is 22.8 Å². The Hall–Kier alpha value is -3.83. The number of nitrogen functional groups attached to an aromatic ring is 1. The maximum absolute atomic E-state index is 15.2. The maximum Gasteiger partial charge on any atom is 0.251 e. The van der Waals surface area contributed by atoms with Crippen molar-refractivity contribution in [3.8, 4) is 11.3 Å². The van der Waals surface area contributed by atoms with Crippen molar-refractivity contribution in [2.45, 2.75) is 50.0 Å². The zero-order valence-corrected chi connectivity index (χ0v) is 22.1. The molecule has 11 heteroatoms. The number of fused-ring (bicyclic) bond motifs is 1. The number of nitrogens with two attached hydrogens (primary N) is 1. The van der Waals surface area contributed by atoms with Gasteiger partial charge in [-0.2, -0.15) is 10.2 Å². The van der Waals surface area contributed by atoms with Crippen LogP contribution in [0.25, 0.3) is 16.8 Å². The van der Waals surface area contributed by atoms with E-state index in [0.29, 0.717) is 30.1 Å². The third kappa shape index (κ3) is 4.25. The van der Waals surface area contributed by atoms with Crippen molar-refractivity contribution in [2.75, 3.05) is 32.5 Å². The lowest BCUT2D eigenvalue weighted by Gasteiger charge is -2.41. The van der Waals surface area contributed by atoms with Crippen molar-refractivity contribution < 1.29 is 13.9 Å². The van der Waals surface area contributed by atoms with E-state index in [1.807, 2.05) is 53.9 Å². The Bertz CT molecular complexity index is 1480. The van der Waals surface area contributed by atoms with Crippen LogP contribution >= 0.6 is 0 Å². The summed E-state index contributed by atoms with van der Waals surface area (Å²) in [5, 5.41) is 12.4. The van der Waals surface area contributed by atoms with Crippen LogP contribution in [0.5, 0.6) is 0 Å². The van der Waals surface area contributed by atoms with Crippen LogP contribution in [0.15, 0.2) is 55.0 Å². The molecular weight excluding hydrogens is 499 g/mol. The summed E-state index contributed by atoms with van der Waals surface area (Å²) in [7, 11) is 1.89. The Labute approximate surface area is 226 Å². The largest absolute Gasteiger partial charge is 0.382 e. The van der Waals surface area contributed by atoms with Gasteiger partial charge >= 0.3 is 0 Å². The van der Waals surface area contributed by atoms with Gasteiger partial charge in [-0.05, 0) is 51.1 Å². The van der Waals surface area contributed by atoms with E-state index < -0.39 is 17.8 Å². The van der Waals surface area contributed by atoms with E-state index in [4.69, 9.17) is 10.5 Å². The molecule has 0 radical (unpaired) electrons. The minimum absolute atomic E-state index is 0.189. The molecule has 4 aromatic rings. The fourth-order valence-corrected chi connectivity index (χ4v) is 6.36. The molecule has 10 nitrogen and oxygen atoms in total. The number of ether oxygens (including phenoxy) is 1. The monoisotopic (exact) mass is 532 g/mol. The first-order valence-corrected chi connectivity index (χ1v) is 13.4. The average molecular weight is 533 g/mol. The highest BCUT2D eigenvalue weighted by Gasteiger charge is 2.52. The maximum atomic E-state index is 15.2. The molecule has 0 saturated carbocycles. The second-order valence-corrected chi connectivity index (χ2v) is 10.5. The van der Waals surface area contributed by atoms with Crippen LogP contribution in [0, 0.1) is 0 Å². The summed E-state index contributed by atoms with van der Waals surface area (Å²) in [5.74, 6) is 0.102. The van der Waals surface area contributed by atoms with Crippen LogP contribution in [-0.4, -0.2) is 74.2 Å². The zero-order chi connectivity index (χ0) is 27.1. The molecule has 1 aromatic carbocycles. The quantitative estimate of drug-likeness (QED) is 0.392. The van der Waals surface area contributed by atoms with Crippen molar-refractivity contribution in [1.82, 2.24) is 34.6 Å². The van der Waals surface area contributed by atoms with Gasteiger partial charge in [-0.3, -0.25) is 14.4 Å². The lowest BCUT2D eigenvalue weighted by molar-refractivity contribution is 0.0667. The van der Waals surface area contributed by atoms with Gasteiger partial charge in [0.25, 0.3) is 5.91 Å². The van der Waals surface area contributed by atoms with E-state index in [-0.39, 0.29) is 24.9 Å². The third-order valence-corrected chi connectivity index (χ3v) is 8.29. The average Bonchev–Trinajstić information content (AvgIpc) is 3.65. The van der Waals surface area contributed by atoms with Crippen LogP contribution in [0.4, 0.5) is 10.2 Å². The molecule has 3 atom stereocenters. The molecule has 0 bridgehead atoms. The SMILES string of the molecule is CC(NC(=O)c1ccccc1)C1(c2cc(-c3ccnn3C3CCOCC3)c3c(N)ncnn23)CC(F)CN1C. The second kappa shape index (κ2) is 10.0. The van der Waals surface area contributed by atoms with Crippen molar-refractivity contribution in [2.24, 2.45) is 0 Å². The number of likely N-dealkylation sites (N-methyl/N-ethyl adjacent to an activating group) is 1. The first-order valence-electron chi connectivity index (χ1n) is 13.4. The van der Waals surface area contributed by atoms with E-state index in [2.05, 4.69) is 20.5 Å². The standard InChI is InChI=1S/C28H33FN8O2/c1-18(34-27(38)19-6-4-3-5-7-19)28(15-20(29)16-35(28)2)24-14-22(25-26(30)31-17-33-37(24)25)23-8-11-32-36(23)21-9-12-39-13-10-21/h3-8,11,14,17-18,20-21H,9-10,12-13,15-16H2,1-2H3,(H,34,38)(H2,30,31,33). The van der Waals surface area contributed by atoms with E-state index in [0.717, 1.165) is 29.8 Å². The predicted octanol–water partition coefficient (Wildman–Crippen LogP) is 3.21. The van der Waals surface area contributed by atoms with Gasteiger partial charge in [-0.25, -0.2) is 13.9 Å². The molecule has 3 aromatic heterocycles. The molecule has 39 heavy (non-hydrogen) atoms. The minimum Gasteiger partial charge on any atom is -0.382 e. The number of hydrogen-bond donors (Lipinski definition) is 2.